The van der Waals surface area contributed by atoms with Gasteiger partial charge in [-0.05, 0) is 27.8 Å². The number of carbonyl (C=O) groups is 1. The molecule has 0 atom stereocenters. The standard InChI is InChI=1S/C20H28N8O2S2/c1-20(2,3)26-19(29)30-9-10-31-18-24-15(23-17-22-13-14(12-21)32-17)11-16(25-18)28-7-5-27(4)6-8-28/h11,13H,5-10H2,1-4H3,(H,26,29)(H,22,23,24,25). The lowest BCUT2D eigenvalue weighted by Gasteiger charge is -2.33. The summed E-state index contributed by atoms with van der Waals surface area (Å²) >= 11 is 2.69. The molecule has 0 saturated carbocycles. The average molecular weight is 477 g/mol. The van der Waals surface area contributed by atoms with E-state index in [1.807, 2.05) is 26.8 Å². The molecule has 10 nitrogen and oxygen atoms in total. The SMILES string of the molecule is CN1CCN(c2cc(Nc3ncc(C#N)s3)nc(SCCOC(=O)NC(C)(C)C)n2)CC1. The third-order valence-electron chi connectivity index (χ3n) is 4.39. The lowest BCUT2D eigenvalue weighted by Crippen LogP contribution is -2.44. The minimum absolute atomic E-state index is 0.245. The van der Waals surface area contributed by atoms with Gasteiger partial charge >= 0.3 is 6.09 Å². The van der Waals surface area contributed by atoms with E-state index in [0.29, 0.717) is 26.7 Å². The van der Waals surface area contributed by atoms with Crippen molar-refractivity contribution in [1.82, 2.24) is 25.2 Å². The summed E-state index contributed by atoms with van der Waals surface area (Å²) in [5.41, 5.74) is -0.341. The first-order valence-electron chi connectivity index (χ1n) is 10.2. The van der Waals surface area contributed by atoms with Crippen LogP contribution in [0.4, 0.5) is 21.6 Å². The molecular formula is C20H28N8O2S2. The van der Waals surface area contributed by atoms with Crippen molar-refractivity contribution in [1.29, 1.82) is 5.26 Å². The maximum atomic E-state index is 11.8. The lowest BCUT2D eigenvalue weighted by molar-refractivity contribution is 0.144. The highest BCUT2D eigenvalue weighted by molar-refractivity contribution is 7.99. The number of nitrogens with one attached hydrogen (secondary N) is 2. The smallest absolute Gasteiger partial charge is 0.407 e. The van der Waals surface area contributed by atoms with Crippen LogP contribution in [0.25, 0.3) is 0 Å². The number of aromatic nitrogens is 3. The molecule has 0 radical (unpaired) electrons. The van der Waals surface area contributed by atoms with Gasteiger partial charge in [0.2, 0.25) is 0 Å². The van der Waals surface area contributed by atoms with E-state index in [-0.39, 0.29) is 12.1 Å². The van der Waals surface area contributed by atoms with Crippen LogP contribution in [0.3, 0.4) is 0 Å². The zero-order valence-corrected chi connectivity index (χ0v) is 20.3. The van der Waals surface area contributed by atoms with E-state index < -0.39 is 6.09 Å². The molecule has 3 rings (SSSR count). The molecular weight excluding hydrogens is 448 g/mol. The van der Waals surface area contributed by atoms with Gasteiger partial charge in [0.05, 0.1) is 6.20 Å². The maximum Gasteiger partial charge on any atom is 0.407 e. The van der Waals surface area contributed by atoms with Crippen molar-refractivity contribution in [3.8, 4) is 6.07 Å². The number of alkyl carbamates (subject to hydrolysis) is 1. The predicted octanol–water partition coefficient (Wildman–Crippen LogP) is 2.92. The van der Waals surface area contributed by atoms with Crippen LogP contribution in [-0.4, -0.2) is 77.1 Å². The molecule has 2 aromatic rings. The summed E-state index contributed by atoms with van der Waals surface area (Å²) in [6, 6.07) is 3.99. The van der Waals surface area contributed by atoms with Crippen LogP contribution >= 0.6 is 23.1 Å². The molecule has 0 unspecified atom stereocenters. The fraction of sp³-hybridized carbons (Fsp3) is 0.550. The second-order valence-electron chi connectivity index (χ2n) is 8.31. The molecule has 0 spiro atoms. The number of rotatable bonds is 7. The van der Waals surface area contributed by atoms with Gasteiger partial charge in [-0.25, -0.2) is 19.7 Å². The van der Waals surface area contributed by atoms with Crippen LogP contribution in [0.15, 0.2) is 17.4 Å². The quantitative estimate of drug-likeness (QED) is 0.351. The van der Waals surface area contributed by atoms with E-state index in [2.05, 4.69) is 43.5 Å². The van der Waals surface area contributed by atoms with Crippen molar-refractivity contribution in [3.05, 3.63) is 17.1 Å². The van der Waals surface area contributed by atoms with Gasteiger partial charge in [-0.2, -0.15) is 5.26 Å². The topological polar surface area (TPSA) is 119 Å². The zero-order valence-electron chi connectivity index (χ0n) is 18.7. The van der Waals surface area contributed by atoms with Gasteiger partial charge in [-0.15, -0.1) is 0 Å². The van der Waals surface area contributed by atoms with Crippen molar-refractivity contribution in [3.63, 3.8) is 0 Å². The van der Waals surface area contributed by atoms with E-state index in [9.17, 15) is 4.79 Å². The van der Waals surface area contributed by atoms with Crippen molar-refractivity contribution in [2.45, 2.75) is 31.5 Å². The second-order valence-corrected chi connectivity index (χ2v) is 10.4. The first-order valence-corrected chi connectivity index (χ1v) is 12.1. The monoisotopic (exact) mass is 476 g/mol. The Morgan fingerprint density at radius 3 is 2.72 bits per heavy atom. The molecule has 3 heterocycles. The number of piperazine rings is 1. The van der Waals surface area contributed by atoms with Crippen LogP contribution in [0.1, 0.15) is 25.6 Å². The Labute approximate surface area is 196 Å². The van der Waals surface area contributed by atoms with Crippen LogP contribution in [0.2, 0.25) is 0 Å². The van der Waals surface area contributed by atoms with Crippen molar-refractivity contribution in [2.75, 3.05) is 55.8 Å². The van der Waals surface area contributed by atoms with Gasteiger partial charge in [0, 0.05) is 43.5 Å². The lowest BCUT2D eigenvalue weighted by atomic mass is 10.1. The molecule has 12 heteroatoms. The number of hydrogen-bond acceptors (Lipinski definition) is 11. The van der Waals surface area contributed by atoms with Crippen molar-refractivity contribution < 1.29 is 9.53 Å². The molecule has 172 valence electrons. The number of thioether (sulfide) groups is 1. The van der Waals surface area contributed by atoms with Gasteiger partial charge < -0.3 is 25.2 Å². The summed E-state index contributed by atoms with van der Waals surface area (Å²) in [5, 5.41) is 16.2. The van der Waals surface area contributed by atoms with E-state index in [1.54, 1.807) is 0 Å². The largest absolute Gasteiger partial charge is 0.449 e. The molecule has 2 aromatic heterocycles. The summed E-state index contributed by atoms with van der Waals surface area (Å²) in [6.07, 6.45) is 1.09. The van der Waals surface area contributed by atoms with Crippen LogP contribution in [-0.2, 0) is 4.74 Å². The molecule has 0 aliphatic carbocycles. The van der Waals surface area contributed by atoms with Gasteiger partial charge in [0.1, 0.15) is 29.2 Å². The molecule has 2 N–H and O–H groups in total. The van der Waals surface area contributed by atoms with Crippen LogP contribution < -0.4 is 15.5 Å². The molecule has 0 bridgehead atoms. The third-order valence-corrected chi connectivity index (χ3v) is 6.02. The molecule has 1 fully saturated rings. The fourth-order valence-corrected chi connectivity index (χ4v) is 4.13. The minimum atomic E-state index is -0.440. The second kappa shape index (κ2) is 10.8. The number of nitriles is 1. The number of likely N-dealkylation sites (N-methyl/N-ethyl adjacent to an activating group) is 1. The van der Waals surface area contributed by atoms with E-state index in [4.69, 9.17) is 15.0 Å². The molecule has 1 aliphatic heterocycles. The zero-order chi connectivity index (χ0) is 23.1. The Kier molecular flexibility index (Phi) is 8.11. The highest BCUT2D eigenvalue weighted by Gasteiger charge is 2.18. The average Bonchev–Trinajstić information content (AvgIpc) is 3.18. The summed E-state index contributed by atoms with van der Waals surface area (Å²) in [4.78, 5) is 30.4. The summed E-state index contributed by atoms with van der Waals surface area (Å²) < 4.78 is 5.24. The third kappa shape index (κ3) is 7.51. The molecule has 32 heavy (non-hydrogen) atoms. The Bertz CT molecular complexity index is 961. The number of thiazole rings is 1. The molecule has 1 amide bonds. The van der Waals surface area contributed by atoms with E-state index >= 15 is 0 Å². The van der Waals surface area contributed by atoms with Gasteiger partial charge in [0.25, 0.3) is 0 Å². The summed E-state index contributed by atoms with van der Waals surface area (Å²) in [5.74, 6) is 1.97. The Morgan fingerprint density at radius 1 is 1.31 bits per heavy atom. The van der Waals surface area contributed by atoms with Crippen molar-refractivity contribution >= 4 is 46.0 Å². The van der Waals surface area contributed by atoms with E-state index in [1.165, 1.54) is 29.3 Å². The van der Waals surface area contributed by atoms with Crippen molar-refractivity contribution in [2.24, 2.45) is 0 Å². The predicted molar refractivity (Wildman–Crippen MR) is 127 cm³/mol. The van der Waals surface area contributed by atoms with Gasteiger partial charge in [-0.1, -0.05) is 23.1 Å². The molecule has 0 aromatic carbocycles. The van der Waals surface area contributed by atoms with Gasteiger partial charge in [-0.3, -0.25) is 0 Å². The number of anilines is 3. The minimum Gasteiger partial charge on any atom is -0.449 e. The Morgan fingerprint density at radius 2 is 2.06 bits per heavy atom. The first kappa shape index (κ1) is 24.0. The van der Waals surface area contributed by atoms with Crippen LogP contribution in [0, 0.1) is 11.3 Å². The number of carbonyl (C=O) groups excluding carboxylic acids is 1. The Balaban J connectivity index is 1.67. The number of nitrogens with zero attached hydrogens (tertiary/aromatic N) is 6. The van der Waals surface area contributed by atoms with E-state index in [0.717, 1.165) is 32.0 Å². The number of amides is 1. The molecule has 1 saturated heterocycles. The first-order chi connectivity index (χ1) is 15.2. The van der Waals surface area contributed by atoms with Gasteiger partial charge in [0.15, 0.2) is 10.3 Å². The highest BCUT2D eigenvalue weighted by atomic mass is 32.2. The number of hydrogen-bond donors (Lipinski definition) is 2. The Hall–Kier alpha value is -2.62. The molecule has 1 aliphatic rings. The number of ether oxygens (including phenoxy) is 1. The maximum absolute atomic E-state index is 11.8. The van der Waals surface area contributed by atoms with Crippen LogP contribution in [0.5, 0.6) is 0 Å². The normalized spacial score (nSPS) is 14.7. The highest BCUT2D eigenvalue weighted by Crippen LogP contribution is 2.26. The summed E-state index contributed by atoms with van der Waals surface area (Å²) in [6.45, 7) is 9.63. The summed E-state index contributed by atoms with van der Waals surface area (Å²) in [7, 11) is 2.11. The fourth-order valence-electron chi connectivity index (χ4n) is 2.84.